The van der Waals surface area contributed by atoms with E-state index in [0.29, 0.717) is 12.0 Å². The Morgan fingerprint density at radius 1 is 1.27 bits per heavy atom. The van der Waals surface area contributed by atoms with Gasteiger partial charge in [0.2, 0.25) is 5.91 Å². The van der Waals surface area contributed by atoms with Crippen molar-refractivity contribution in [2.75, 3.05) is 5.32 Å². The minimum atomic E-state index is -0.146. The van der Waals surface area contributed by atoms with E-state index in [1.165, 1.54) is 0 Å². The summed E-state index contributed by atoms with van der Waals surface area (Å²) in [6.07, 6.45) is 2.31. The second-order valence-corrected chi connectivity index (χ2v) is 6.68. The van der Waals surface area contributed by atoms with E-state index in [4.69, 9.17) is 0 Å². The number of hydrogen-bond donors (Lipinski definition) is 2. The molecule has 26 heavy (non-hydrogen) atoms. The molecule has 5 heteroatoms. The van der Waals surface area contributed by atoms with Crippen LogP contribution in [0.15, 0.2) is 48.7 Å². The van der Waals surface area contributed by atoms with Crippen LogP contribution in [0.3, 0.4) is 0 Å². The van der Waals surface area contributed by atoms with Gasteiger partial charge in [0.05, 0.1) is 18.0 Å². The van der Waals surface area contributed by atoms with E-state index in [9.17, 15) is 9.59 Å². The number of carbonyl (C=O) groups is 2. The molecule has 0 aliphatic carbocycles. The molecule has 1 aliphatic heterocycles. The average molecular weight is 347 g/mol. The molecule has 0 bridgehead atoms. The highest BCUT2D eigenvalue weighted by atomic mass is 16.2. The number of hydrogen-bond acceptors (Lipinski definition) is 2. The number of para-hydroxylation sites is 1. The van der Waals surface area contributed by atoms with Crippen molar-refractivity contribution in [2.45, 2.75) is 32.9 Å². The highest BCUT2D eigenvalue weighted by Gasteiger charge is 2.20. The molecule has 4 rings (SSSR count). The molecule has 1 aliphatic rings. The van der Waals surface area contributed by atoms with Crippen LogP contribution in [0.25, 0.3) is 10.9 Å². The molecule has 2 amide bonds. The van der Waals surface area contributed by atoms with Gasteiger partial charge in [-0.1, -0.05) is 30.3 Å². The maximum atomic E-state index is 12.9. The van der Waals surface area contributed by atoms with Crippen molar-refractivity contribution in [3.8, 4) is 0 Å². The van der Waals surface area contributed by atoms with Crippen LogP contribution in [-0.2, 0) is 17.8 Å². The summed E-state index contributed by atoms with van der Waals surface area (Å²) in [6, 6.07) is 13.6. The van der Waals surface area contributed by atoms with Crippen LogP contribution in [-0.4, -0.2) is 16.4 Å². The lowest BCUT2D eigenvalue weighted by Gasteiger charge is -2.15. The molecule has 2 aromatic carbocycles. The lowest BCUT2D eigenvalue weighted by molar-refractivity contribution is -0.115. The van der Waals surface area contributed by atoms with Gasteiger partial charge in [-0.3, -0.25) is 9.59 Å². The fourth-order valence-corrected chi connectivity index (χ4v) is 3.57. The molecule has 2 N–H and O–H groups in total. The maximum Gasteiger partial charge on any atom is 0.253 e. The fourth-order valence-electron chi connectivity index (χ4n) is 3.57. The van der Waals surface area contributed by atoms with Crippen LogP contribution in [0.2, 0.25) is 0 Å². The third-order valence-electron chi connectivity index (χ3n) is 4.98. The van der Waals surface area contributed by atoms with E-state index in [2.05, 4.69) is 22.1 Å². The van der Waals surface area contributed by atoms with Gasteiger partial charge >= 0.3 is 0 Å². The average Bonchev–Trinajstić information content (AvgIpc) is 3.20. The Hall–Kier alpha value is -3.08. The molecule has 0 fully saturated rings. The van der Waals surface area contributed by atoms with Gasteiger partial charge in [0.25, 0.3) is 5.91 Å². The first-order valence-electron chi connectivity index (χ1n) is 8.88. The van der Waals surface area contributed by atoms with Crippen LogP contribution in [0.1, 0.15) is 41.4 Å². The minimum Gasteiger partial charge on any atom is -0.347 e. The summed E-state index contributed by atoms with van der Waals surface area (Å²) in [4.78, 5) is 24.4. The normalized spacial score (nSPS) is 14.2. The molecule has 0 spiro atoms. The Morgan fingerprint density at radius 2 is 2.08 bits per heavy atom. The van der Waals surface area contributed by atoms with Crippen molar-refractivity contribution < 1.29 is 9.59 Å². The molecule has 2 heterocycles. The van der Waals surface area contributed by atoms with E-state index < -0.39 is 0 Å². The molecular formula is C21H21N3O2. The zero-order valence-electron chi connectivity index (χ0n) is 14.9. The van der Waals surface area contributed by atoms with Crippen molar-refractivity contribution >= 4 is 28.4 Å². The molecule has 0 unspecified atom stereocenters. The standard InChI is InChI=1S/C21H21N3O2/c1-3-24-12-17(16-6-4-5-7-19(16)24)21(26)22-13(2)14-8-9-18-15(10-14)11-20(25)23-18/h4-10,12-13H,3,11H2,1-2H3,(H,22,26)(H,23,25)/t13-/m1/s1. The van der Waals surface area contributed by atoms with E-state index in [-0.39, 0.29) is 17.9 Å². The molecule has 1 atom stereocenters. The molecule has 132 valence electrons. The van der Waals surface area contributed by atoms with E-state index >= 15 is 0 Å². The van der Waals surface area contributed by atoms with Crippen molar-refractivity contribution in [2.24, 2.45) is 0 Å². The van der Waals surface area contributed by atoms with Gasteiger partial charge in [-0.05, 0) is 37.1 Å². The zero-order valence-corrected chi connectivity index (χ0v) is 14.9. The lowest BCUT2D eigenvalue weighted by atomic mass is 10.0. The maximum absolute atomic E-state index is 12.9. The molecule has 0 saturated heterocycles. The largest absolute Gasteiger partial charge is 0.347 e. The summed E-state index contributed by atoms with van der Waals surface area (Å²) in [5, 5.41) is 6.88. The number of benzene rings is 2. The van der Waals surface area contributed by atoms with E-state index in [0.717, 1.165) is 34.3 Å². The van der Waals surface area contributed by atoms with Crippen LogP contribution in [0.5, 0.6) is 0 Å². The van der Waals surface area contributed by atoms with Crippen molar-refractivity contribution in [1.29, 1.82) is 0 Å². The highest BCUT2D eigenvalue weighted by Crippen LogP contribution is 2.27. The third kappa shape index (κ3) is 2.75. The Morgan fingerprint density at radius 3 is 2.88 bits per heavy atom. The number of anilines is 1. The molecule has 3 aromatic rings. The van der Waals surface area contributed by atoms with Crippen LogP contribution < -0.4 is 10.6 Å². The molecular weight excluding hydrogens is 326 g/mol. The summed E-state index contributed by atoms with van der Waals surface area (Å²) < 4.78 is 2.08. The molecule has 1 aromatic heterocycles. The fraction of sp³-hybridized carbons (Fsp3) is 0.238. The van der Waals surface area contributed by atoms with Gasteiger partial charge in [0, 0.05) is 29.3 Å². The summed E-state index contributed by atoms with van der Waals surface area (Å²) in [6.45, 7) is 4.84. The van der Waals surface area contributed by atoms with Gasteiger partial charge in [0.1, 0.15) is 0 Å². The SMILES string of the molecule is CCn1cc(C(=O)N[C@H](C)c2ccc3c(c2)CC(=O)N3)c2ccccc21. The molecule has 5 nitrogen and oxygen atoms in total. The second kappa shape index (κ2) is 6.33. The van der Waals surface area contributed by atoms with Crippen LogP contribution >= 0.6 is 0 Å². The summed E-state index contributed by atoms with van der Waals surface area (Å²) in [5.41, 5.74) is 4.59. The van der Waals surface area contributed by atoms with Crippen molar-refractivity contribution in [1.82, 2.24) is 9.88 Å². The first-order chi connectivity index (χ1) is 12.6. The minimum absolute atomic E-state index is 0.0150. The monoisotopic (exact) mass is 347 g/mol. The molecule has 0 saturated carbocycles. The number of aromatic nitrogens is 1. The van der Waals surface area contributed by atoms with Crippen molar-refractivity contribution in [3.05, 3.63) is 65.4 Å². The Bertz CT molecular complexity index is 1020. The van der Waals surface area contributed by atoms with Gasteiger partial charge in [-0.25, -0.2) is 0 Å². The highest BCUT2D eigenvalue weighted by molar-refractivity contribution is 6.07. The number of aryl methyl sites for hydroxylation is 1. The van der Waals surface area contributed by atoms with Crippen LogP contribution in [0, 0.1) is 0 Å². The number of fused-ring (bicyclic) bond motifs is 2. The second-order valence-electron chi connectivity index (χ2n) is 6.68. The summed E-state index contributed by atoms with van der Waals surface area (Å²) in [5.74, 6) is -0.0724. The Labute approximate surface area is 152 Å². The smallest absolute Gasteiger partial charge is 0.253 e. The zero-order chi connectivity index (χ0) is 18.3. The summed E-state index contributed by atoms with van der Waals surface area (Å²) in [7, 11) is 0. The number of nitrogens with one attached hydrogen (secondary N) is 2. The Balaban J connectivity index is 1.59. The number of rotatable bonds is 4. The van der Waals surface area contributed by atoms with Gasteiger partial charge in [-0.15, -0.1) is 0 Å². The van der Waals surface area contributed by atoms with E-state index in [1.54, 1.807) is 0 Å². The first-order valence-corrected chi connectivity index (χ1v) is 8.88. The molecule has 0 radical (unpaired) electrons. The number of amides is 2. The topological polar surface area (TPSA) is 63.1 Å². The van der Waals surface area contributed by atoms with Gasteiger partial charge in [0.15, 0.2) is 0 Å². The third-order valence-corrected chi connectivity index (χ3v) is 4.98. The summed E-state index contributed by atoms with van der Waals surface area (Å²) >= 11 is 0. The predicted molar refractivity (Wildman–Crippen MR) is 102 cm³/mol. The van der Waals surface area contributed by atoms with Crippen molar-refractivity contribution in [3.63, 3.8) is 0 Å². The van der Waals surface area contributed by atoms with Crippen LogP contribution in [0.4, 0.5) is 5.69 Å². The quantitative estimate of drug-likeness (QED) is 0.757. The van der Waals surface area contributed by atoms with E-state index in [1.807, 2.05) is 55.6 Å². The predicted octanol–water partition coefficient (Wildman–Crippen LogP) is 3.65. The number of nitrogens with zero attached hydrogens (tertiary/aromatic N) is 1. The van der Waals surface area contributed by atoms with Gasteiger partial charge in [-0.2, -0.15) is 0 Å². The Kier molecular flexibility index (Phi) is 3.99. The number of carbonyl (C=O) groups excluding carboxylic acids is 2. The van der Waals surface area contributed by atoms with Gasteiger partial charge < -0.3 is 15.2 Å². The lowest BCUT2D eigenvalue weighted by Crippen LogP contribution is -2.26. The first kappa shape index (κ1) is 16.4.